The predicted molar refractivity (Wildman–Crippen MR) is 85.0 cm³/mol. The number of alkyl halides is 1. The van der Waals surface area contributed by atoms with Crippen LogP contribution in [0.15, 0.2) is 24.3 Å². The number of benzene rings is 1. The molecule has 0 atom stereocenters. The van der Waals surface area contributed by atoms with Crippen LogP contribution in [-0.4, -0.2) is 54.5 Å². The van der Waals surface area contributed by atoms with E-state index in [-0.39, 0.29) is 18.5 Å². The summed E-state index contributed by atoms with van der Waals surface area (Å²) in [5.41, 5.74) is -0.815. The summed E-state index contributed by atoms with van der Waals surface area (Å²) in [6.07, 6.45) is 0.625. The molecule has 2 aliphatic rings. The van der Waals surface area contributed by atoms with Gasteiger partial charge in [0.05, 0.1) is 6.54 Å². The molecule has 2 aliphatic heterocycles. The number of rotatable bonds is 3. The van der Waals surface area contributed by atoms with Gasteiger partial charge in [-0.2, -0.15) is 0 Å². The normalized spacial score (nSPS) is 21.3. The molecule has 0 radical (unpaired) electrons. The van der Waals surface area contributed by atoms with E-state index >= 15 is 4.39 Å². The van der Waals surface area contributed by atoms with E-state index in [1.54, 1.807) is 24.3 Å². The standard InChI is InChI=1S/C16H19ClFN3O2/c17-13-3-1-2-12(10-13)16(18)4-7-20(8-5-16)11-14(22)21-9-6-19-15(21)23/h1-3,10H,4-9,11H2,(H,19,23). The van der Waals surface area contributed by atoms with Crippen LogP contribution in [0.4, 0.5) is 9.18 Å². The lowest BCUT2D eigenvalue weighted by Crippen LogP contribution is -2.46. The molecule has 0 aliphatic carbocycles. The lowest BCUT2D eigenvalue weighted by atomic mass is 9.86. The van der Waals surface area contributed by atoms with E-state index in [1.165, 1.54) is 4.90 Å². The maximum Gasteiger partial charge on any atom is 0.324 e. The summed E-state index contributed by atoms with van der Waals surface area (Å²) in [6.45, 7) is 2.00. The first-order chi connectivity index (χ1) is 11.0. The van der Waals surface area contributed by atoms with Crippen molar-refractivity contribution in [2.75, 3.05) is 32.7 Å². The molecule has 0 aromatic heterocycles. The lowest BCUT2D eigenvalue weighted by molar-refractivity contribution is -0.129. The van der Waals surface area contributed by atoms with Crippen LogP contribution in [0.2, 0.25) is 5.02 Å². The van der Waals surface area contributed by atoms with Gasteiger partial charge in [-0.1, -0.05) is 23.7 Å². The Kier molecular flexibility index (Phi) is 4.55. The van der Waals surface area contributed by atoms with Crippen LogP contribution in [0, 0.1) is 0 Å². The van der Waals surface area contributed by atoms with Crippen LogP contribution in [0.3, 0.4) is 0 Å². The highest BCUT2D eigenvalue weighted by Gasteiger charge is 2.37. The molecule has 1 aromatic rings. The number of urea groups is 1. The molecule has 0 bridgehead atoms. The molecule has 2 fully saturated rings. The van der Waals surface area contributed by atoms with E-state index in [4.69, 9.17) is 11.6 Å². The zero-order valence-electron chi connectivity index (χ0n) is 12.7. The number of carbonyl (C=O) groups excluding carboxylic acids is 2. The van der Waals surface area contributed by atoms with E-state index < -0.39 is 5.67 Å². The second-order valence-electron chi connectivity index (χ2n) is 6.03. The van der Waals surface area contributed by atoms with E-state index in [0.717, 1.165) is 0 Å². The number of halogens is 2. The molecule has 0 unspecified atom stereocenters. The molecule has 3 amide bonds. The van der Waals surface area contributed by atoms with E-state index in [0.29, 0.717) is 49.6 Å². The first kappa shape index (κ1) is 16.2. The average molecular weight is 340 g/mol. The molecule has 0 saturated carbocycles. The zero-order valence-corrected chi connectivity index (χ0v) is 13.5. The highest BCUT2D eigenvalue weighted by Crippen LogP contribution is 2.37. The summed E-state index contributed by atoms with van der Waals surface area (Å²) < 4.78 is 15.1. The summed E-state index contributed by atoms with van der Waals surface area (Å²) in [5.74, 6) is -0.228. The fraction of sp³-hybridized carbons (Fsp3) is 0.500. The van der Waals surface area contributed by atoms with Gasteiger partial charge in [0.2, 0.25) is 5.91 Å². The van der Waals surface area contributed by atoms with Crippen molar-refractivity contribution in [1.82, 2.24) is 15.1 Å². The minimum Gasteiger partial charge on any atom is -0.336 e. The second kappa shape index (κ2) is 6.45. The van der Waals surface area contributed by atoms with E-state index in [1.807, 2.05) is 4.90 Å². The van der Waals surface area contributed by atoms with Crippen molar-refractivity contribution in [2.45, 2.75) is 18.5 Å². The summed E-state index contributed by atoms with van der Waals surface area (Å²) in [5, 5.41) is 3.13. The minimum atomic E-state index is -1.41. The third-order valence-electron chi connectivity index (χ3n) is 4.51. The quantitative estimate of drug-likeness (QED) is 0.918. The summed E-state index contributed by atoms with van der Waals surface area (Å²) in [4.78, 5) is 26.7. The SMILES string of the molecule is O=C(CN1CCC(F)(c2cccc(Cl)c2)CC1)N1CCNC1=O. The van der Waals surface area contributed by atoms with Gasteiger partial charge in [0.1, 0.15) is 5.67 Å². The molecular formula is C16H19ClFN3O2. The first-order valence-electron chi connectivity index (χ1n) is 7.73. The molecule has 0 spiro atoms. The third-order valence-corrected chi connectivity index (χ3v) is 4.74. The fourth-order valence-corrected chi connectivity index (χ4v) is 3.30. The molecule has 2 saturated heterocycles. The van der Waals surface area contributed by atoms with Gasteiger partial charge in [0, 0.05) is 31.2 Å². The fourth-order valence-electron chi connectivity index (χ4n) is 3.11. The number of likely N-dealkylation sites (tertiary alicyclic amines) is 1. The van der Waals surface area contributed by atoms with Crippen molar-refractivity contribution >= 4 is 23.5 Å². The van der Waals surface area contributed by atoms with Crippen molar-refractivity contribution in [2.24, 2.45) is 0 Å². The smallest absolute Gasteiger partial charge is 0.324 e. The molecule has 1 aromatic carbocycles. The van der Waals surface area contributed by atoms with Crippen LogP contribution >= 0.6 is 11.6 Å². The van der Waals surface area contributed by atoms with Crippen LogP contribution in [0.1, 0.15) is 18.4 Å². The van der Waals surface area contributed by atoms with Crippen molar-refractivity contribution < 1.29 is 14.0 Å². The van der Waals surface area contributed by atoms with Crippen molar-refractivity contribution in [3.05, 3.63) is 34.9 Å². The highest BCUT2D eigenvalue weighted by atomic mass is 35.5. The number of imide groups is 1. The molecule has 7 heteroatoms. The van der Waals surface area contributed by atoms with E-state index in [2.05, 4.69) is 5.32 Å². The third kappa shape index (κ3) is 3.48. The Morgan fingerprint density at radius 1 is 1.30 bits per heavy atom. The molecule has 1 N–H and O–H groups in total. The van der Waals surface area contributed by atoms with E-state index in [9.17, 15) is 9.59 Å². The molecular weight excluding hydrogens is 321 g/mol. The number of hydrogen-bond donors (Lipinski definition) is 1. The van der Waals surface area contributed by atoms with Gasteiger partial charge in [-0.15, -0.1) is 0 Å². The number of hydrogen-bond acceptors (Lipinski definition) is 3. The average Bonchev–Trinajstić information content (AvgIpc) is 2.96. The van der Waals surface area contributed by atoms with Crippen LogP contribution in [0.5, 0.6) is 0 Å². The van der Waals surface area contributed by atoms with Gasteiger partial charge in [-0.05, 0) is 30.5 Å². The van der Waals surface area contributed by atoms with Gasteiger partial charge in [0.25, 0.3) is 0 Å². The molecule has 23 heavy (non-hydrogen) atoms. The van der Waals surface area contributed by atoms with Crippen molar-refractivity contribution in [3.8, 4) is 0 Å². The van der Waals surface area contributed by atoms with Crippen molar-refractivity contribution in [1.29, 1.82) is 0 Å². The van der Waals surface area contributed by atoms with Gasteiger partial charge in [-0.25, -0.2) is 9.18 Å². The Labute approximate surface area is 139 Å². The van der Waals surface area contributed by atoms with Crippen molar-refractivity contribution in [3.63, 3.8) is 0 Å². The molecule has 124 valence electrons. The minimum absolute atomic E-state index is 0.152. The second-order valence-corrected chi connectivity index (χ2v) is 6.47. The lowest BCUT2D eigenvalue weighted by Gasteiger charge is -2.36. The Bertz CT molecular complexity index is 617. The Balaban J connectivity index is 1.58. The summed E-state index contributed by atoms with van der Waals surface area (Å²) in [6, 6.07) is 6.55. The van der Waals surface area contributed by atoms with Gasteiger partial charge < -0.3 is 5.32 Å². The maximum absolute atomic E-state index is 15.1. The zero-order chi connectivity index (χ0) is 16.4. The maximum atomic E-state index is 15.1. The predicted octanol–water partition coefficient (Wildman–Crippen LogP) is 2.15. The Morgan fingerprint density at radius 2 is 2.04 bits per heavy atom. The monoisotopic (exact) mass is 339 g/mol. The number of nitrogens with zero attached hydrogens (tertiary/aromatic N) is 2. The van der Waals surface area contributed by atoms with Gasteiger partial charge in [-0.3, -0.25) is 14.6 Å². The topological polar surface area (TPSA) is 52.7 Å². The Hall–Kier alpha value is -1.66. The van der Waals surface area contributed by atoms with Crippen LogP contribution in [-0.2, 0) is 10.5 Å². The molecule has 3 rings (SSSR count). The van der Waals surface area contributed by atoms with Gasteiger partial charge >= 0.3 is 6.03 Å². The van der Waals surface area contributed by atoms with Crippen LogP contribution in [0.25, 0.3) is 0 Å². The number of nitrogens with one attached hydrogen (secondary N) is 1. The first-order valence-corrected chi connectivity index (χ1v) is 8.11. The van der Waals surface area contributed by atoms with Crippen LogP contribution < -0.4 is 5.32 Å². The largest absolute Gasteiger partial charge is 0.336 e. The summed E-state index contributed by atoms with van der Waals surface area (Å²) >= 11 is 5.94. The van der Waals surface area contributed by atoms with Gasteiger partial charge in [0.15, 0.2) is 0 Å². The molecule has 5 nitrogen and oxygen atoms in total. The number of piperidine rings is 1. The Morgan fingerprint density at radius 3 is 2.65 bits per heavy atom. The summed E-state index contributed by atoms with van der Waals surface area (Å²) in [7, 11) is 0. The molecule has 2 heterocycles. The number of carbonyl (C=O) groups is 2. The highest BCUT2D eigenvalue weighted by molar-refractivity contribution is 6.30. The number of amides is 3.